The van der Waals surface area contributed by atoms with E-state index in [4.69, 9.17) is 4.74 Å². The summed E-state index contributed by atoms with van der Waals surface area (Å²) in [5, 5.41) is 20.5. The number of allylic oxidation sites excluding steroid dienone is 1. The van der Waals surface area contributed by atoms with Crippen LogP contribution in [0.15, 0.2) is 23.8 Å². The van der Waals surface area contributed by atoms with Gasteiger partial charge in [0.2, 0.25) is 0 Å². The van der Waals surface area contributed by atoms with E-state index in [0.717, 1.165) is 44.1 Å². The van der Waals surface area contributed by atoms with Gasteiger partial charge in [0.1, 0.15) is 6.61 Å². The molecule has 24 heavy (non-hydrogen) atoms. The summed E-state index contributed by atoms with van der Waals surface area (Å²) in [5.41, 5.74) is 1.62. The van der Waals surface area contributed by atoms with Crippen molar-refractivity contribution in [2.45, 2.75) is 58.5 Å². The van der Waals surface area contributed by atoms with Crippen LogP contribution in [0.25, 0.3) is 0 Å². The third-order valence-corrected chi connectivity index (χ3v) is 7.20. The van der Waals surface area contributed by atoms with Crippen molar-refractivity contribution >= 4 is 5.97 Å². The van der Waals surface area contributed by atoms with Crippen molar-refractivity contribution in [3.05, 3.63) is 23.8 Å². The van der Waals surface area contributed by atoms with Crippen molar-refractivity contribution in [1.82, 2.24) is 0 Å². The number of aliphatic hydroxyl groups is 2. The van der Waals surface area contributed by atoms with Crippen LogP contribution in [0, 0.1) is 22.7 Å². The van der Waals surface area contributed by atoms with Crippen LogP contribution in [0.3, 0.4) is 0 Å². The summed E-state index contributed by atoms with van der Waals surface area (Å²) in [4.78, 5) is 11.7. The highest BCUT2D eigenvalue weighted by Gasteiger charge is 2.57. The van der Waals surface area contributed by atoms with Crippen molar-refractivity contribution < 1.29 is 19.7 Å². The Kier molecular flexibility index (Phi) is 4.65. The molecule has 4 heteroatoms. The number of carbonyl (C=O) groups excluding carboxylic acids is 1. The SMILES string of the molecule is C=C1CC[C@H]2[C@](C)(CO)[C@@H](O)CC[C@@]2(C)[C@H]1CCC1=CCOC1=O. The standard InChI is InChI=1S/C20H30O4/c1-13-4-7-16-19(2,10-8-17(22)20(16,3)12-21)15(13)6-5-14-9-11-24-18(14)23/h9,15-17,21-22H,1,4-8,10-12H2,2-3H3/t15-,16+,17-,19-,20-/m0/s1. The number of esters is 1. The fourth-order valence-corrected chi connectivity index (χ4v) is 5.63. The molecule has 3 aliphatic rings. The van der Waals surface area contributed by atoms with E-state index in [9.17, 15) is 15.0 Å². The van der Waals surface area contributed by atoms with Gasteiger partial charge in [-0.1, -0.05) is 26.0 Å². The molecule has 1 heterocycles. The van der Waals surface area contributed by atoms with E-state index in [1.807, 2.05) is 13.0 Å². The van der Waals surface area contributed by atoms with Crippen molar-refractivity contribution in [3.8, 4) is 0 Å². The van der Waals surface area contributed by atoms with Gasteiger partial charge in [-0.2, -0.15) is 0 Å². The van der Waals surface area contributed by atoms with E-state index in [1.165, 1.54) is 5.57 Å². The van der Waals surface area contributed by atoms with E-state index < -0.39 is 11.5 Å². The number of hydrogen-bond acceptors (Lipinski definition) is 4. The first-order valence-electron chi connectivity index (χ1n) is 9.15. The summed E-state index contributed by atoms with van der Waals surface area (Å²) in [7, 11) is 0. The number of rotatable bonds is 4. The first kappa shape index (κ1) is 17.7. The molecule has 1 aliphatic heterocycles. The molecule has 0 aromatic carbocycles. The Morgan fingerprint density at radius 2 is 2.12 bits per heavy atom. The number of carbonyl (C=O) groups is 1. The molecule has 0 aromatic heterocycles. The lowest BCUT2D eigenvalue weighted by atomic mass is 9.46. The summed E-state index contributed by atoms with van der Waals surface area (Å²) in [6.07, 6.45) is 6.64. The van der Waals surface area contributed by atoms with Crippen LogP contribution in [0.5, 0.6) is 0 Å². The molecule has 4 nitrogen and oxygen atoms in total. The molecule has 0 unspecified atom stereocenters. The molecule has 2 fully saturated rings. The summed E-state index contributed by atoms with van der Waals surface area (Å²) >= 11 is 0. The topological polar surface area (TPSA) is 66.8 Å². The largest absolute Gasteiger partial charge is 0.458 e. The second-order valence-electron chi connectivity index (χ2n) is 8.39. The van der Waals surface area contributed by atoms with Crippen LogP contribution in [0.2, 0.25) is 0 Å². The molecule has 2 aliphatic carbocycles. The number of aliphatic hydroxyl groups excluding tert-OH is 2. The minimum atomic E-state index is -0.447. The summed E-state index contributed by atoms with van der Waals surface area (Å²) < 4.78 is 5.01. The predicted molar refractivity (Wildman–Crippen MR) is 92.2 cm³/mol. The molecule has 0 amide bonds. The highest BCUT2D eigenvalue weighted by molar-refractivity contribution is 5.90. The Bertz CT molecular complexity index is 566. The first-order chi connectivity index (χ1) is 11.3. The predicted octanol–water partition coefficient (Wildman–Crippen LogP) is 2.99. The maximum Gasteiger partial charge on any atom is 0.334 e. The summed E-state index contributed by atoms with van der Waals surface area (Å²) in [6.45, 7) is 9.07. The second-order valence-corrected chi connectivity index (χ2v) is 8.39. The van der Waals surface area contributed by atoms with Gasteiger partial charge in [0, 0.05) is 11.0 Å². The van der Waals surface area contributed by atoms with Gasteiger partial charge in [-0.05, 0) is 61.9 Å². The molecule has 0 saturated heterocycles. The number of ether oxygens (including phenoxy) is 1. The smallest absolute Gasteiger partial charge is 0.334 e. The lowest BCUT2D eigenvalue weighted by molar-refractivity contribution is -0.152. The second kappa shape index (κ2) is 6.30. The van der Waals surface area contributed by atoms with Crippen molar-refractivity contribution in [2.75, 3.05) is 13.2 Å². The van der Waals surface area contributed by atoms with E-state index >= 15 is 0 Å². The minimum absolute atomic E-state index is 0.0189. The third kappa shape index (κ3) is 2.64. The zero-order valence-electron chi connectivity index (χ0n) is 14.9. The summed E-state index contributed by atoms with van der Waals surface area (Å²) in [5.74, 6) is 0.417. The van der Waals surface area contributed by atoms with E-state index in [-0.39, 0.29) is 23.9 Å². The van der Waals surface area contributed by atoms with Crippen molar-refractivity contribution in [3.63, 3.8) is 0 Å². The van der Waals surface area contributed by atoms with Crippen LogP contribution in [-0.4, -0.2) is 35.5 Å². The van der Waals surface area contributed by atoms with Crippen LogP contribution < -0.4 is 0 Å². The van der Waals surface area contributed by atoms with Gasteiger partial charge in [0.25, 0.3) is 0 Å². The Hall–Kier alpha value is -1.13. The average Bonchev–Trinajstić information content (AvgIpc) is 2.96. The Balaban J connectivity index is 1.83. The zero-order chi connectivity index (χ0) is 17.5. The first-order valence-corrected chi connectivity index (χ1v) is 9.15. The molecular weight excluding hydrogens is 304 g/mol. The highest BCUT2D eigenvalue weighted by atomic mass is 16.5. The minimum Gasteiger partial charge on any atom is -0.458 e. The average molecular weight is 334 g/mol. The monoisotopic (exact) mass is 334 g/mol. The van der Waals surface area contributed by atoms with Gasteiger partial charge in [0.15, 0.2) is 0 Å². The molecule has 5 atom stereocenters. The van der Waals surface area contributed by atoms with Crippen molar-refractivity contribution in [1.29, 1.82) is 0 Å². The maximum atomic E-state index is 11.7. The molecule has 0 aromatic rings. The number of hydrogen-bond donors (Lipinski definition) is 2. The fourth-order valence-electron chi connectivity index (χ4n) is 5.63. The van der Waals surface area contributed by atoms with Crippen LogP contribution in [0.1, 0.15) is 52.4 Å². The van der Waals surface area contributed by atoms with Crippen molar-refractivity contribution in [2.24, 2.45) is 22.7 Å². The molecule has 0 bridgehead atoms. The lowest BCUT2D eigenvalue weighted by Crippen LogP contribution is -2.57. The molecule has 2 saturated carbocycles. The van der Waals surface area contributed by atoms with Gasteiger partial charge in [0.05, 0.1) is 12.7 Å². The molecular formula is C20H30O4. The Morgan fingerprint density at radius 3 is 2.75 bits per heavy atom. The lowest BCUT2D eigenvalue weighted by Gasteiger charge is -2.60. The normalized spacial score (nSPS) is 42.5. The number of fused-ring (bicyclic) bond motifs is 1. The molecule has 0 spiro atoms. The van der Waals surface area contributed by atoms with Gasteiger partial charge >= 0.3 is 5.97 Å². The van der Waals surface area contributed by atoms with Gasteiger partial charge in [-0.15, -0.1) is 0 Å². The van der Waals surface area contributed by atoms with Gasteiger partial charge in [-0.25, -0.2) is 4.79 Å². The van der Waals surface area contributed by atoms with E-state index in [0.29, 0.717) is 12.5 Å². The molecule has 3 rings (SSSR count). The maximum absolute atomic E-state index is 11.7. The van der Waals surface area contributed by atoms with Gasteiger partial charge < -0.3 is 14.9 Å². The van der Waals surface area contributed by atoms with Crippen LogP contribution in [0.4, 0.5) is 0 Å². The molecule has 134 valence electrons. The number of cyclic esters (lactones) is 1. The molecule has 0 radical (unpaired) electrons. The Labute approximate surface area is 144 Å². The van der Waals surface area contributed by atoms with E-state index in [1.54, 1.807) is 0 Å². The van der Waals surface area contributed by atoms with Crippen LogP contribution >= 0.6 is 0 Å². The quantitative estimate of drug-likeness (QED) is 0.613. The third-order valence-electron chi connectivity index (χ3n) is 7.20. The van der Waals surface area contributed by atoms with Crippen LogP contribution in [-0.2, 0) is 9.53 Å². The highest BCUT2D eigenvalue weighted by Crippen LogP contribution is 2.61. The summed E-state index contributed by atoms with van der Waals surface area (Å²) in [6, 6.07) is 0. The Morgan fingerprint density at radius 1 is 1.38 bits per heavy atom. The van der Waals surface area contributed by atoms with E-state index in [2.05, 4.69) is 13.5 Å². The zero-order valence-corrected chi connectivity index (χ0v) is 14.9. The molecule has 2 N–H and O–H groups in total. The van der Waals surface area contributed by atoms with Gasteiger partial charge in [-0.3, -0.25) is 0 Å². The fraction of sp³-hybridized carbons (Fsp3) is 0.750.